The summed E-state index contributed by atoms with van der Waals surface area (Å²) in [6, 6.07) is 21.4. The van der Waals surface area contributed by atoms with Gasteiger partial charge in [0.25, 0.3) is 0 Å². The molecule has 1 aliphatic heterocycles. The zero-order chi connectivity index (χ0) is 31.3. The van der Waals surface area contributed by atoms with E-state index < -0.39 is 17.3 Å². The van der Waals surface area contributed by atoms with Crippen LogP contribution in [0.2, 0.25) is 0 Å². The van der Waals surface area contributed by atoms with Crippen molar-refractivity contribution in [3.8, 4) is 5.75 Å². The van der Waals surface area contributed by atoms with Crippen molar-refractivity contribution in [1.82, 2.24) is 15.1 Å². The topological polar surface area (TPSA) is 73.9 Å². The number of hydrogen-bond donors (Lipinski definition) is 2. The summed E-state index contributed by atoms with van der Waals surface area (Å²) in [4.78, 5) is 31.8. The molecule has 2 aliphatic rings. The lowest BCUT2D eigenvalue weighted by Crippen LogP contribution is -2.61. The van der Waals surface area contributed by atoms with Crippen molar-refractivity contribution < 1.29 is 27.5 Å². The number of rotatable bonds is 9. The Bertz CT molecular complexity index is 1460. The number of anilines is 1. The van der Waals surface area contributed by atoms with E-state index in [2.05, 4.69) is 10.6 Å². The van der Waals surface area contributed by atoms with Crippen LogP contribution in [0.25, 0.3) is 0 Å². The highest BCUT2D eigenvalue weighted by atomic mass is 32.1. The van der Waals surface area contributed by atoms with E-state index in [-0.39, 0.29) is 30.9 Å². The number of alkyl halides is 3. The molecule has 3 aromatic rings. The highest BCUT2D eigenvalue weighted by molar-refractivity contribution is 7.80. The molecule has 5 rings (SSSR count). The molecule has 0 bridgehead atoms. The summed E-state index contributed by atoms with van der Waals surface area (Å²) >= 11 is 5.59. The van der Waals surface area contributed by atoms with Crippen LogP contribution in [0.5, 0.6) is 5.75 Å². The number of ether oxygens (including phenoxy) is 1. The van der Waals surface area contributed by atoms with E-state index in [9.17, 15) is 22.8 Å². The van der Waals surface area contributed by atoms with Crippen LogP contribution >= 0.6 is 12.2 Å². The predicted octanol–water partition coefficient (Wildman–Crippen LogP) is 6.32. The standard InChI is InChI=1S/C33H35F3N4O3S/c1-43-27-16-14-26(15-17-27)37-30(42)32(18-6-3-7-19-32)40(20-23-10-12-25(13-11-23)33(34,35)36)29(41)22-39-21-28(38-31(39)44)24-8-4-2-5-9-24/h2,4-5,8-17,28H,3,6-7,18-22H2,1H3,(H,37,42)(H,38,44). The first-order valence-electron chi connectivity index (χ1n) is 14.6. The minimum Gasteiger partial charge on any atom is -0.497 e. The van der Waals surface area contributed by atoms with Gasteiger partial charge in [0.2, 0.25) is 11.8 Å². The van der Waals surface area contributed by atoms with Gasteiger partial charge in [0.15, 0.2) is 5.11 Å². The molecule has 232 valence electrons. The third kappa shape index (κ3) is 6.99. The lowest BCUT2D eigenvalue weighted by Gasteiger charge is -2.45. The van der Waals surface area contributed by atoms with E-state index in [1.54, 1.807) is 41.2 Å². The molecule has 0 aromatic heterocycles. The largest absolute Gasteiger partial charge is 0.497 e. The van der Waals surface area contributed by atoms with Crippen molar-refractivity contribution >= 4 is 34.8 Å². The molecule has 1 saturated carbocycles. The molecular weight excluding hydrogens is 589 g/mol. The number of nitrogens with zero attached hydrogens (tertiary/aromatic N) is 2. The number of hydrogen-bond acceptors (Lipinski definition) is 4. The fourth-order valence-electron chi connectivity index (χ4n) is 5.99. The van der Waals surface area contributed by atoms with E-state index >= 15 is 0 Å². The van der Waals surface area contributed by atoms with Gasteiger partial charge >= 0.3 is 6.18 Å². The molecule has 44 heavy (non-hydrogen) atoms. The zero-order valence-electron chi connectivity index (χ0n) is 24.4. The molecule has 1 heterocycles. The monoisotopic (exact) mass is 624 g/mol. The quantitative estimate of drug-likeness (QED) is 0.272. The summed E-state index contributed by atoms with van der Waals surface area (Å²) in [7, 11) is 1.55. The SMILES string of the molecule is COc1ccc(NC(=O)C2(N(Cc3ccc(C(F)(F)F)cc3)C(=O)CN3CC(c4ccccc4)NC3=S)CCCCC2)cc1. The molecule has 11 heteroatoms. The molecule has 1 atom stereocenters. The van der Waals surface area contributed by atoms with Gasteiger partial charge in [0.1, 0.15) is 11.3 Å². The lowest BCUT2D eigenvalue weighted by atomic mass is 9.78. The van der Waals surface area contributed by atoms with Crippen molar-refractivity contribution in [2.45, 2.75) is 56.4 Å². The second kappa shape index (κ2) is 13.3. The van der Waals surface area contributed by atoms with Crippen molar-refractivity contribution in [2.75, 3.05) is 25.5 Å². The normalized spacial score (nSPS) is 18.0. The van der Waals surface area contributed by atoms with Crippen LogP contribution in [0, 0.1) is 0 Å². The first-order chi connectivity index (χ1) is 21.1. The fourth-order valence-corrected chi connectivity index (χ4v) is 6.27. The van der Waals surface area contributed by atoms with E-state index in [0.29, 0.717) is 41.5 Å². The van der Waals surface area contributed by atoms with Crippen LogP contribution in [0.1, 0.15) is 54.8 Å². The highest BCUT2D eigenvalue weighted by Gasteiger charge is 2.47. The Hall–Kier alpha value is -4.12. The highest BCUT2D eigenvalue weighted by Crippen LogP contribution is 2.37. The van der Waals surface area contributed by atoms with Crippen LogP contribution < -0.4 is 15.4 Å². The average molecular weight is 625 g/mol. The summed E-state index contributed by atoms with van der Waals surface area (Å²) in [5.74, 6) is -0.0139. The number of carbonyl (C=O) groups excluding carboxylic acids is 2. The van der Waals surface area contributed by atoms with Crippen molar-refractivity contribution in [2.24, 2.45) is 0 Å². The molecule has 1 saturated heterocycles. The molecule has 1 unspecified atom stereocenters. The maximum atomic E-state index is 14.3. The fraction of sp³-hybridized carbons (Fsp3) is 0.364. The molecular formula is C33H35F3N4O3S. The lowest BCUT2D eigenvalue weighted by molar-refractivity contribution is -0.149. The molecule has 2 N–H and O–H groups in total. The number of methoxy groups -OCH3 is 1. The number of thiocarbonyl (C=S) groups is 1. The van der Waals surface area contributed by atoms with Crippen LogP contribution in [-0.4, -0.2) is 52.5 Å². The molecule has 0 radical (unpaired) electrons. The van der Waals surface area contributed by atoms with Gasteiger partial charge in [0, 0.05) is 18.8 Å². The molecule has 2 fully saturated rings. The number of halogens is 3. The third-order valence-electron chi connectivity index (χ3n) is 8.41. The molecule has 1 aliphatic carbocycles. The minimum absolute atomic E-state index is 0.0247. The minimum atomic E-state index is -4.48. The van der Waals surface area contributed by atoms with Gasteiger partial charge < -0.3 is 25.2 Å². The van der Waals surface area contributed by atoms with Gasteiger partial charge in [-0.1, -0.05) is 61.7 Å². The van der Waals surface area contributed by atoms with Gasteiger partial charge in [-0.25, -0.2) is 0 Å². The Morgan fingerprint density at radius 1 is 1.00 bits per heavy atom. The van der Waals surface area contributed by atoms with E-state index in [1.165, 1.54) is 12.1 Å². The summed E-state index contributed by atoms with van der Waals surface area (Å²) in [5.41, 5.74) is 0.111. The number of benzene rings is 3. The Balaban J connectivity index is 1.44. The Morgan fingerprint density at radius 3 is 2.27 bits per heavy atom. The average Bonchev–Trinajstić information content (AvgIpc) is 3.40. The number of nitrogens with one attached hydrogen (secondary N) is 2. The summed E-state index contributed by atoms with van der Waals surface area (Å²) < 4.78 is 45.1. The van der Waals surface area contributed by atoms with E-state index in [4.69, 9.17) is 17.0 Å². The van der Waals surface area contributed by atoms with Gasteiger partial charge in [-0.2, -0.15) is 13.2 Å². The molecule has 3 aromatic carbocycles. The maximum absolute atomic E-state index is 14.3. The van der Waals surface area contributed by atoms with Crippen LogP contribution in [-0.2, 0) is 22.3 Å². The Kier molecular flexibility index (Phi) is 9.43. The first-order valence-corrected chi connectivity index (χ1v) is 15.0. The first kappa shape index (κ1) is 31.3. The van der Waals surface area contributed by atoms with Crippen molar-refractivity contribution in [1.29, 1.82) is 0 Å². The number of amides is 2. The van der Waals surface area contributed by atoms with Crippen molar-refractivity contribution in [3.63, 3.8) is 0 Å². The Morgan fingerprint density at radius 2 is 1.66 bits per heavy atom. The third-order valence-corrected chi connectivity index (χ3v) is 8.78. The van der Waals surface area contributed by atoms with Gasteiger partial charge in [-0.3, -0.25) is 9.59 Å². The van der Waals surface area contributed by atoms with Gasteiger partial charge in [-0.15, -0.1) is 0 Å². The smallest absolute Gasteiger partial charge is 0.416 e. The van der Waals surface area contributed by atoms with Crippen molar-refractivity contribution in [3.05, 3.63) is 95.6 Å². The van der Waals surface area contributed by atoms with E-state index in [0.717, 1.165) is 37.0 Å². The molecule has 2 amide bonds. The second-order valence-corrected chi connectivity index (χ2v) is 11.6. The second-order valence-electron chi connectivity index (χ2n) is 11.2. The van der Waals surface area contributed by atoms with E-state index in [1.807, 2.05) is 30.3 Å². The Labute approximate surface area is 260 Å². The number of carbonyl (C=O) groups is 2. The summed E-state index contributed by atoms with van der Waals surface area (Å²) in [5, 5.41) is 6.71. The molecule has 0 spiro atoms. The molecule has 7 nitrogen and oxygen atoms in total. The van der Waals surface area contributed by atoms with Gasteiger partial charge in [-0.05, 0) is 72.6 Å². The summed E-state index contributed by atoms with van der Waals surface area (Å²) in [6.45, 7) is 0.365. The zero-order valence-corrected chi connectivity index (χ0v) is 25.2. The summed E-state index contributed by atoms with van der Waals surface area (Å²) in [6.07, 6.45) is -1.25. The van der Waals surface area contributed by atoms with Crippen LogP contribution in [0.3, 0.4) is 0 Å². The van der Waals surface area contributed by atoms with Gasteiger partial charge in [0.05, 0.1) is 25.3 Å². The van der Waals surface area contributed by atoms with Crippen LogP contribution in [0.15, 0.2) is 78.9 Å². The maximum Gasteiger partial charge on any atom is 0.416 e. The van der Waals surface area contributed by atoms with Crippen LogP contribution in [0.4, 0.5) is 18.9 Å². The predicted molar refractivity (Wildman–Crippen MR) is 166 cm³/mol.